The van der Waals surface area contributed by atoms with Gasteiger partial charge in [-0.15, -0.1) is 24.0 Å². The Hall–Kier alpha value is -0.860. The second kappa shape index (κ2) is 10.8. The number of benzene rings is 1. The van der Waals surface area contributed by atoms with Crippen molar-refractivity contribution in [2.75, 3.05) is 53.4 Å². The Bertz CT molecular complexity index is 429. The van der Waals surface area contributed by atoms with Crippen LogP contribution >= 0.6 is 24.0 Å². The van der Waals surface area contributed by atoms with Crippen LogP contribution in [0.15, 0.2) is 35.3 Å². The highest BCUT2D eigenvalue weighted by atomic mass is 127. The van der Waals surface area contributed by atoms with Crippen LogP contribution in [0, 0.1) is 0 Å². The smallest absolute Gasteiger partial charge is 0.190 e. The van der Waals surface area contributed by atoms with Crippen LogP contribution in [-0.4, -0.2) is 69.1 Å². The topological polar surface area (TPSA) is 42.9 Å². The molecule has 1 aromatic rings. The van der Waals surface area contributed by atoms with Crippen molar-refractivity contribution in [1.82, 2.24) is 20.4 Å². The average molecular weight is 417 g/mol. The summed E-state index contributed by atoms with van der Waals surface area (Å²) in [5.74, 6) is 0.859. The van der Waals surface area contributed by atoms with Crippen molar-refractivity contribution in [2.45, 2.75) is 6.54 Å². The first-order chi connectivity index (χ1) is 10.3. The Labute approximate surface area is 151 Å². The summed E-state index contributed by atoms with van der Waals surface area (Å²) in [6.45, 7) is 7.66. The highest BCUT2D eigenvalue weighted by molar-refractivity contribution is 14.0. The monoisotopic (exact) mass is 417 g/mol. The molecule has 22 heavy (non-hydrogen) atoms. The fourth-order valence-corrected chi connectivity index (χ4v) is 2.62. The lowest BCUT2D eigenvalue weighted by Crippen LogP contribution is -2.48. The zero-order valence-corrected chi connectivity index (χ0v) is 15.9. The van der Waals surface area contributed by atoms with E-state index in [1.807, 2.05) is 7.05 Å². The summed E-state index contributed by atoms with van der Waals surface area (Å²) in [5, 5.41) is 6.34. The molecule has 5 nitrogen and oxygen atoms in total. The van der Waals surface area contributed by atoms with Crippen LogP contribution < -0.4 is 10.6 Å². The molecule has 0 amide bonds. The molecule has 0 atom stereocenters. The lowest BCUT2D eigenvalue weighted by atomic mass is 10.2. The SMILES string of the molecule is CN=C(NC)NCCN1CCN(Cc2ccccc2)CC1.I. The molecule has 1 aliphatic rings. The molecule has 0 bridgehead atoms. The predicted octanol–water partition coefficient (Wildman–Crippen LogP) is 1.22. The maximum atomic E-state index is 4.12. The zero-order valence-electron chi connectivity index (χ0n) is 13.6. The van der Waals surface area contributed by atoms with E-state index >= 15 is 0 Å². The van der Waals surface area contributed by atoms with Crippen molar-refractivity contribution in [2.24, 2.45) is 4.99 Å². The fourth-order valence-electron chi connectivity index (χ4n) is 2.62. The zero-order chi connectivity index (χ0) is 14.9. The lowest BCUT2D eigenvalue weighted by molar-refractivity contribution is 0.129. The highest BCUT2D eigenvalue weighted by Gasteiger charge is 2.16. The molecule has 1 aromatic carbocycles. The van der Waals surface area contributed by atoms with Gasteiger partial charge in [0.1, 0.15) is 0 Å². The number of hydrogen-bond acceptors (Lipinski definition) is 3. The minimum Gasteiger partial charge on any atom is -0.359 e. The third kappa shape index (κ3) is 6.50. The summed E-state index contributed by atoms with van der Waals surface area (Å²) in [6.07, 6.45) is 0. The summed E-state index contributed by atoms with van der Waals surface area (Å²) in [4.78, 5) is 9.16. The van der Waals surface area contributed by atoms with Gasteiger partial charge in [0.15, 0.2) is 5.96 Å². The first kappa shape index (κ1) is 19.2. The molecule has 1 aliphatic heterocycles. The van der Waals surface area contributed by atoms with Gasteiger partial charge in [-0.05, 0) is 5.56 Å². The molecule has 2 N–H and O–H groups in total. The summed E-state index contributed by atoms with van der Waals surface area (Å²) in [5.41, 5.74) is 1.41. The Morgan fingerprint density at radius 3 is 2.32 bits per heavy atom. The van der Waals surface area contributed by atoms with Crippen molar-refractivity contribution >= 4 is 29.9 Å². The molecule has 0 radical (unpaired) electrons. The molecule has 2 rings (SSSR count). The van der Waals surface area contributed by atoms with E-state index in [1.54, 1.807) is 7.05 Å². The molecule has 0 saturated carbocycles. The fraction of sp³-hybridized carbons (Fsp3) is 0.562. The molecule has 0 spiro atoms. The molecule has 1 heterocycles. The number of halogens is 1. The van der Waals surface area contributed by atoms with Gasteiger partial charge in [-0.3, -0.25) is 14.8 Å². The Morgan fingerprint density at radius 1 is 1.09 bits per heavy atom. The Balaban J connectivity index is 0.00000242. The number of aliphatic imine (C=N–C) groups is 1. The summed E-state index contributed by atoms with van der Waals surface area (Å²) < 4.78 is 0. The van der Waals surface area contributed by atoms with Crippen molar-refractivity contribution in [3.05, 3.63) is 35.9 Å². The van der Waals surface area contributed by atoms with E-state index in [2.05, 4.69) is 55.8 Å². The first-order valence-electron chi connectivity index (χ1n) is 7.69. The van der Waals surface area contributed by atoms with Gasteiger partial charge in [-0.2, -0.15) is 0 Å². The second-order valence-electron chi connectivity index (χ2n) is 5.35. The van der Waals surface area contributed by atoms with Crippen molar-refractivity contribution in [3.63, 3.8) is 0 Å². The van der Waals surface area contributed by atoms with E-state index in [0.29, 0.717) is 0 Å². The third-order valence-corrected chi connectivity index (χ3v) is 3.89. The van der Waals surface area contributed by atoms with Gasteiger partial charge < -0.3 is 10.6 Å². The standard InChI is InChI=1S/C16H27N5.HI/c1-17-16(18-2)19-8-9-20-10-12-21(13-11-20)14-15-6-4-3-5-7-15;/h3-7H,8-14H2,1-2H3,(H2,17,18,19);1H. The van der Waals surface area contributed by atoms with E-state index in [9.17, 15) is 0 Å². The summed E-state index contributed by atoms with van der Waals surface area (Å²) >= 11 is 0. The van der Waals surface area contributed by atoms with Crippen molar-refractivity contribution < 1.29 is 0 Å². The number of guanidine groups is 1. The van der Waals surface area contributed by atoms with E-state index < -0.39 is 0 Å². The molecule has 0 unspecified atom stereocenters. The normalized spacial score (nSPS) is 16.9. The molecular formula is C16H28IN5. The number of piperazine rings is 1. The van der Waals surface area contributed by atoms with Crippen molar-refractivity contribution in [3.8, 4) is 0 Å². The van der Waals surface area contributed by atoms with Crippen LogP contribution in [-0.2, 0) is 6.54 Å². The summed E-state index contributed by atoms with van der Waals surface area (Å²) in [6, 6.07) is 10.7. The molecule has 0 aliphatic carbocycles. The Morgan fingerprint density at radius 2 is 1.73 bits per heavy atom. The number of rotatable bonds is 5. The average Bonchev–Trinajstić information content (AvgIpc) is 2.54. The Kier molecular flexibility index (Phi) is 9.42. The predicted molar refractivity (Wildman–Crippen MR) is 104 cm³/mol. The van der Waals surface area contributed by atoms with Crippen LogP contribution in [0.25, 0.3) is 0 Å². The molecule has 124 valence electrons. The molecule has 1 fully saturated rings. The summed E-state index contributed by atoms with van der Waals surface area (Å²) in [7, 11) is 3.68. The second-order valence-corrected chi connectivity index (χ2v) is 5.35. The first-order valence-corrected chi connectivity index (χ1v) is 7.69. The van der Waals surface area contributed by atoms with E-state index in [1.165, 1.54) is 5.56 Å². The number of nitrogens with zero attached hydrogens (tertiary/aromatic N) is 3. The van der Waals surface area contributed by atoms with Gasteiger partial charge in [0.2, 0.25) is 0 Å². The maximum Gasteiger partial charge on any atom is 0.190 e. The van der Waals surface area contributed by atoms with Gasteiger partial charge in [0, 0.05) is 59.9 Å². The molecule has 1 saturated heterocycles. The van der Waals surface area contributed by atoms with Gasteiger partial charge in [0.25, 0.3) is 0 Å². The van der Waals surface area contributed by atoms with Crippen LogP contribution in [0.1, 0.15) is 5.56 Å². The van der Waals surface area contributed by atoms with Crippen LogP contribution in [0.5, 0.6) is 0 Å². The molecule has 0 aromatic heterocycles. The van der Waals surface area contributed by atoms with E-state index in [4.69, 9.17) is 0 Å². The van der Waals surface area contributed by atoms with Crippen LogP contribution in [0.3, 0.4) is 0 Å². The van der Waals surface area contributed by atoms with E-state index in [-0.39, 0.29) is 24.0 Å². The lowest BCUT2D eigenvalue weighted by Gasteiger charge is -2.34. The minimum absolute atomic E-state index is 0. The largest absolute Gasteiger partial charge is 0.359 e. The van der Waals surface area contributed by atoms with Crippen LogP contribution in [0.4, 0.5) is 0 Å². The third-order valence-electron chi connectivity index (χ3n) is 3.89. The van der Waals surface area contributed by atoms with Gasteiger partial charge in [-0.1, -0.05) is 30.3 Å². The van der Waals surface area contributed by atoms with E-state index in [0.717, 1.165) is 51.8 Å². The number of hydrogen-bond donors (Lipinski definition) is 2. The minimum atomic E-state index is 0. The van der Waals surface area contributed by atoms with Gasteiger partial charge in [0.05, 0.1) is 0 Å². The van der Waals surface area contributed by atoms with Crippen molar-refractivity contribution in [1.29, 1.82) is 0 Å². The molecule has 6 heteroatoms. The quantitative estimate of drug-likeness (QED) is 0.430. The van der Waals surface area contributed by atoms with Crippen LogP contribution in [0.2, 0.25) is 0 Å². The van der Waals surface area contributed by atoms with Gasteiger partial charge >= 0.3 is 0 Å². The highest BCUT2D eigenvalue weighted by Crippen LogP contribution is 2.07. The van der Waals surface area contributed by atoms with Gasteiger partial charge in [-0.25, -0.2) is 0 Å². The maximum absolute atomic E-state index is 4.12. The number of nitrogens with one attached hydrogen (secondary N) is 2. The molecular weight excluding hydrogens is 389 g/mol.